The maximum Gasteiger partial charge on any atom is 0.123 e. The molecule has 1 fully saturated rings. The molecule has 3 rings (SSSR count). The Morgan fingerprint density at radius 1 is 1.29 bits per heavy atom. The van der Waals surface area contributed by atoms with Crippen LogP contribution in [0.4, 0.5) is 0 Å². The molecule has 0 spiro atoms. The van der Waals surface area contributed by atoms with Crippen LogP contribution in [-0.4, -0.2) is 6.10 Å². The first kappa shape index (κ1) is 11.1. The summed E-state index contributed by atoms with van der Waals surface area (Å²) < 4.78 is 6.08. The number of fused-ring (bicyclic) bond motifs is 3. The van der Waals surface area contributed by atoms with E-state index < -0.39 is 0 Å². The third-order valence-corrected chi connectivity index (χ3v) is 4.60. The molecular weight excluding hydrogens is 208 g/mol. The van der Waals surface area contributed by atoms with E-state index in [0.29, 0.717) is 17.9 Å². The highest BCUT2D eigenvalue weighted by atomic mass is 16.5. The first-order valence-electron chi connectivity index (χ1n) is 7.10. The van der Waals surface area contributed by atoms with Gasteiger partial charge in [0.25, 0.3) is 0 Å². The Morgan fingerprint density at radius 2 is 2.12 bits per heavy atom. The van der Waals surface area contributed by atoms with Crippen LogP contribution < -0.4 is 4.74 Å². The predicted octanol–water partition coefficient (Wildman–Crippen LogP) is 4.62. The van der Waals surface area contributed by atoms with Crippen molar-refractivity contribution in [1.29, 1.82) is 0 Å². The van der Waals surface area contributed by atoms with Gasteiger partial charge < -0.3 is 4.74 Å². The molecule has 0 radical (unpaired) electrons. The van der Waals surface area contributed by atoms with Crippen molar-refractivity contribution in [2.45, 2.75) is 63.9 Å². The summed E-state index contributed by atoms with van der Waals surface area (Å²) in [6.07, 6.45) is 6.98. The fourth-order valence-corrected chi connectivity index (χ4v) is 3.26. The number of hydrogen-bond acceptors (Lipinski definition) is 1. The minimum atomic E-state index is 0.478. The fraction of sp³-hybridized carbons (Fsp3) is 0.625. The largest absolute Gasteiger partial charge is 0.489 e. The molecule has 1 heteroatoms. The van der Waals surface area contributed by atoms with Crippen molar-refractivity contribution in [1.82, 2.24) is 0 Å². The molecule has 0 aromatic heterocycles. The van der Waals surface area contributed by atoms with Gasteiger partial charge in [0, 0.05) is 11.5 Å². The molecule has 17 heavy (non-hydrogen) atoms. The Hall–Kier alpha value is -0.980. The van der Waals surface area contributed by atoms with E-state index in [4.69, 9.17) is 4.74 Å². The van der Waals surface area contributed by atoms with E-state index >= 15 is 0 Å². The maximum absolute atomic E-state index is 6.08. The highest BCUT2D eigenvalue weighted by Gasteiger charge is 2.36. The van der Waals surface area contributed by atoms with Crippen LogP contribution in [0, 0.1) is 0 Å². The highest BCUT2D eigenvalue weighted by molar-refractivity contribution is 5.44. The van der Waals surface area contributed by atoms with Crippen molar-refractivity contribution in [3.8, 4) is 5.75 Å². The van der Waals surface area contributed by atoms with Gasteiger partial charge in [0.2, 0.25) is 0 Å². The smallest absolute Gasteiger partial charge is 0.123 e. The van der Waals surface area contributed by atoms with Crippen molar-refractivity contribution >= 4 is 0 Å². The lowest BCUT2D eigenvalue weighted by Gasteiger charge is -2.24. The Labute approximate surface area is 104 Å². The van der Waals surface area contributed by atoms with Crippen LogP contribution in [0.1, 0.15) is 68.9 Å². The number of ether oxygens (including phenoxy) is 1. The topological polar surface area (TPSA) is 9.23 Å². The van der Waals surface area contributed by atoms with E-state index in [2.05, 4.69) is 32.0 Å². The van der Waals surface area contributed by atoms with E-state index in [0.717, 1.165) is 5.75 Å². The maximum atomic E-state index is 6.08. The quantitative estimate of drug-likeness (QED) is 0.720. The van der Waals surface area contributed by atoms with Gasteiger partial charge >= 0.3 is 0 Å². The Kier molecular flexibility index (Phi) is 2.85. The normalized spacial score (nSPS) is 28.1. The molecule has 92 valence electrons. The monoisotopic (exact) mass is 230 g/mol. The van der Waals surface area contributed by atoms with E-state index in [1.165, 1.54) is 43.2 Å². The van der Waals surface area contributed by atoms with Crippen molar-refractivity contribution in [3.63, 3.8) is 0 Å². The zero-order valence-electron chi connectivity index (χ0n) is 10.9. The Bertz CT molecular complexity index is 410. The zero-order valence-corrected chi connectivity index (χ0v) is 10.9. The molecule has 1 aromatic carbocycles. The Morgan fingerprint density at radius 3 is 2.94 bits per heavy atom. The molecule has 3 unspecified atom stereocenters. The predicted molar refractivity (Wildman–Crippen MR) is 70.8 cm³/mol. The van der Waals surface area contributed by atoms with Gasteiger partial charge in [-0.3, -0.25) is 0 Å². The zero-order chi connectivity index (χ0) is 11.8. The van der Waals surface area contributed by atoms with Gasteiger partial charge in [0.05, 0.1) is 0 Å². The molecule has 0 saturated heterocycles. The van der Waals surface area contributed by atoms with Gasteiger partial charge in [0.1, 0.15) is 11.9 Å². The second-order valence-electron chi connectivity index (χ2n) is 5.65. The van der Waals surface area contributed by atoms with Gasteiger partial charge in [-0.2, -0.15) is 0 Å². The standard InChI is InChI=1S/C16H22O/c1-3-11(2)12-8-9-16-14(10-12)13-6-4-5-7-15(13)17-16/h8-11,13,15H,3-7H2,1-2H3. The minimum Gasteiger partial charge on any atom is -0.489 e. The fourth-order valence-electron chi connectivity index (χ4n) is 3.26. The number of rotatable bonds is 2. The third-order valence-electron chi connectivity index (χ3n) is 4.60. The summed E-state index contributed by atoms with van der Waals surface area (Å²) in [5.74, 6) is 2.51. The van der Waals surface area contributed by atoms with Crippen LogP contribution in [0.25, 0.3) is 0 Å². The average Bonchev–Trinajstić information content (AvgIpc) is 2.75. The second kappa shape index (κ2) is 4.36. The van der Waals surface area contributed by atoms with Crippen molar-refractivity contribution in [2.75, 3.05) is 0 Å². The molecule has 3 atom stereocenters. The van der Waals surface area contributed by atoms with Gasteiger partial charge in [-0.25, -0.2) is 0 Å². The molecular formula is C16H22O. The van der Waals surface area contributed by atoms with E-state index in [-0.39, 0.29) is 0 Å². The van der Waals surface area contributed by atoms with Crippen molar-refractivity contribution in [2.24, 2.45) is 0 Å². The minimum absolute atomic E-state index is 0.478. The van der Waals surface area contributed by atoms with Gasteiger partial charge in [0.15, 0.2) is 0 Å². The Balaban J connectivity index is 1.93. The molecule has 0 bridgehead atoms. The molecule has 0 N–H and O–H groups in total. The summed E-state index contributed by atoms with van der Waals surface area (Å²) >= 11 is 0. The van der Waals surface area contributed by atoms with Crippen LogP contribution in [0.2, 0.25) is 0 Å². The summed E-state index contributed by atoms with van der Waals surface area (Å²) in [6.45, 7) is 4.58. The van der Waals surface area contributed by atoms with E-state index in [1.807, 2.05) is 0 Å². The van der Waals surface area contributed by atoms with Gasteiger partial charge in [-0.15, -0.1) is 0 Å². The molecule has 1 saturated carbocycles. The molecule has 2 aliphatic rings. The second-order valence-corrected chi connectivity index (χ2v) is 5.65. The third kappa shape index (κ3) is 1.86. The van der Waals surface area contributed by atoms with Crippen LogP contribution in [0.3, 0.4) is 0 Å². The van der Waals surface area contributed by atoms with Crippen molar-refractivity contribution in [3.05, 3.63) is 29.3 Å². The first-order chi connectivity index (χ1) is 8.29. The van der Waals surface area contributed by atoms with E-state index in [1.54, 1.807) is 0 Å². The summed E-state index contributed by atoms with van der Waals surface area (Å²) in [7, 11) is 0. The highest BCUT2D eigenvalue weighted by Crippen LogP contribution is 2.46. The lowest BCUT2D eigenvalue weighted by Crippen LogP contribution is -2.22. The van der Waals surface area contributed by atoms with Crippen LogP contribution in [0.5, 0.6) is 5.75 Å². The summed E-state index contributed by atoms with van der Waals surface area (Å²) in [6, 6.07) is 6.87. The number of benzene rings is 1. The van der Waals surface area contributed by atoms with Gasteiger partial charge in [-0.05, 0) is 43.2 Å². The SMILES string of the molecule is CCC(C)c1ccc2c(c1)C1CCCCC1O2. The molecule has 1 heterocycles. The molecule has 1 aromatic rings. The molecule has 1 aliphatic carbocycles. The van der Waals surface area contributed by atoms with E-state index in [9.17, 15) is 0 Å². The van der Waals surface area contributed by atoms with Gasteiger partial charge in [-0.1, -0.05) is 32.4 Å². The summed E-state index contributed by atoms with van der Waals surface area (Å²) in [5.41, 5.74) is 2.98. The molecule has 1 aliphatic heterocycles. The first-order valence-corrected chi connectivity index (χ1v) is 7.10. The summed E-state index contributed by atoms with van der Waals surface area (Å²) in [4.78, 5) is 0. The molecule has 1 nitrogen and oxygen atoms in total. The van der Waals surface area contributed by atoms with Crippen LogP contribution in [0.15, 0.2) is 18.2 Å². The summed E-state index contributed by atoms with van der Waals surface area (Å²) in [5, 5.41) is 0. The van der Waals surface area contributed by atoms with Crippen LogP contribution in [-0.2, 0) is 0 Å². The van der Waals surface area contributed by atoms with Crippen LogP contribution >= 0.6 is 0 Å². The lowest BCUT2D eigenvalue weighted by atomic mass is 9.82. The van der Waals surface area contributed by atoms with Crippen molar-refractivity contribution < 1.29 is 4.74 Å². The number of hydrogen-bond donors (Lipinski definition) is 0. The lowest BCUT2D eigenvalue weighted by molar-refractivity contribution is 0.164. The molecule has 0 amide bonds. The average molecular weight is 230 g/mol.